The van der Waals surface area contributed by atoms with Crippen LogP contribution in [0.5, 0.6) is 0 Å². The van der Waals surface area contributed by atoms with Crippen LogP contribution in [0.3, 0.4) is 0 Å². The molecule has 94 valence electrons. The normalized spacial score (nSPS) is 40.9. The van der Waals surface area contributed by atoms with E-state index in [4.69, 9.17) is 0 Å². The van der Waals surface area contributed by atoms with E-state index in [9.17, 15) is 5.11 Å². The van der Waals surface area contributed by atoms with Crippen LogP contribution in [0.15, 0.2) is 0 Å². The third-order valence-electron chi connectivity index (χ3n) is 4.14. The molecule has 2 aliphatic carbocycles. The van der Waals surface area contributed by atoms with E-state index in [1.165, 1.54) is 44.9 Å². The van der Waals surface area contributed by atoms with E-state index in [1.54, 1.807) is 0 Å². The summed E-state index contributed by atoms with van der Waals surface area (Å²) < 4.78 is 0. The van der Waals surface area contributed by atoms with Crippen molar-refractivity contribution in [1.82, 2.24) is 5.32 Å². The molecule has 2 N–H and O–H groups in total. The van der Waals surface area contributed by atoms with Crippen molar-refractivity contribution >= 4 is 11.8 Å². The largest absolute Gasteiger partial charge is 0.392 e. The minimum absolute atomic E-state index is 0.0941. The number of nitrogens with one attached hydrogen (secondary N) is 1. The van der Waals surface area contributed by atoms with Crippen LogP contribution in [0.4, 0.5) is 0 Å². The number of aliphatic hydroxyl groups is 1. The molecule has 0 bridgehead atoms. The SMILES string of the molecule is CSC1CCCC(NC2CCCCC2O)C1. The molecule has 0 aromatic heterocycles. The monoisotopic (exact) mass is 243 g/mol. The molecule has 0 heterocycles. The van der Waals surface area contributed by atoms with Crippen LogP contribution in [-0.4, -0.2) is 34.8 Å². The minimum Gasteiger partial charge on any atom is -0.392 e. The van der Waals surface area contributed by atoms with Gasteiger partial charge < -0.3 is 10.4 Å². The first-order valence-electron chi connectivity index (χ1n) is 6.76. The third kappa shape index (κ3) is 3.38. The molecule has 0 spiro atoms. The van der Waals surface area contributed by atoms with Gasteiger partial charge >= 0.3 is 0 Å². The van der Waals surface area contributed by atoms with Crippen molar-refractivity contribution in [2.45, 2.75) is 74.8 Å². The molecule has 16 heavy (non-hydrogen) atoms. The van der Waals surface area contributed by atoms with Crippen LogP contribution in [0.25, 0.3) is 0 Å². The van der Waals surface area contributed by atoms with Crippen LogP contribution in [0.2, 0.25) is 0 Å². The van der Waals surface area contributed by atoms with E-state index in [2.05, 4.69) is 11.6 Å². The Morgan fingerprint density at radius 3 is 2.62 bits per heavy atom. The van der Waals surface area contributed by atoms with E-state index < -0.39 is 0 Å². The van der Waals surface area contributed by atoms with Crippen molar-refractivity contribution in [2.24, 2.45) is 0 Å². The lowest BCUT2D eigenvalue weighted by atomic mass is 9.89. The van der Waals surface area contributed by atoms with Gasteiger partial charge in [0.1, 0.15) is 0 Å². The Hall–Kier alpha value is 0.270. The fourth-order valence-corrected chi connectivity index (χ4v) is 3.95. The second kappa shape index (κ2) is 6.27. The second-order valence-electron chi connectivity index (χ2n) is 5.35. The average Bonchev–Trinajstić information content (AvgIpc) is 2.32. The van der Waals surface area contributed by atoms with Crippen molar-refractivity contribution in [3.63, 3.8) is 0 Å². The maximum Gasteiger partial charge on any atom is 0.0693 e. The lowest BCUT2D eigenvalue weighted by Gasteiger charge is -2.35. The van der Waals surface area contributed by atoms with E-state index in [0.29, 0.717) is 12.1 Å². The quantitative estimate of drug-likeness (QED) is 0.799. The molecule has 3 heteroatoms. The summed E-state index contributed by atoms with van der Waals surface area (Å²) in [5.41, 5.74) is 0. The van der Waals surface area contributed by atoms with Crippen LogP contribution >= 0.6 is 11.8 Å². The molecule has 0 aliphatic heterocycles. The van der Waals surface area contributed by atoms with Gasteiger partial charge in [-0.15, -0.1) is 0 Å². The van der Waals surface area contributed by atoms with Crippen LogP contribution in [0, 0.1) is 0 Å². The molecule has 0 aromatic carbocycles. The van der Waals surface area contributed by atoms with Gasteiger partial charge in [0.05, 0.1) is 6.10 Å². The Morgan fingerprint density at radius 1 is 1.06 bits per heavy atom. The Kier molecular flexibility index (Phi) is 4.98. The van der Waals surface area contributed by atoms with E-state index in [-0.39, 0.29) is 6.10 Å². The summed E-state index contributed by atoms with van der Waals surface area (Å²) in [5.74, 6) is 0. The molecule has 0 aromatic rings. The zero-order valence-corrected chi connectivity index (χ0v) is 11.1. The topological polar surface area (TPSA) is 32.3 Å². The highest BCUT2D eigenvalue weighted by atomic mass is 32.2. The van der Waals surface area contributed by atoms with Gasteiger partial charge in [-0.3, -0.25) is 0 Å². The minimum atomic E-state index is -0.0941. The maximum absolute atomic E-state index is 9.95. The zero-order valence-electron chi connectivity index (χ0n) is 10.3. The van der Waals surface area contributed by atoms with Crippen molar-refractivity contribution in [2.75, 3.05) is 6.26 Å². The van der Waals surface area contributed by atoms with E-state index in [1.807, 2.05) is 11.8 Å². The van der Waals surface area contributed by atoms with Gasteiger partial charge in [0.25, 0.3) is 0 Å². The molecule has 2 aliphatic rings. The Balaban J connectivity index is 1.79. The second-order valence-corrected chi connectivity index (χ2v) is 6.48. The van der Waals surface area contributed by atoms with Crippen LogP contribution in [-0.2, 0) is 0 Å². The van der Waals surface area contributed by atoms with Crippen molar-refractivity contribution in [3.05, 3.63) is 0 Å². The summed E-state index contributed by atoms with van der Waals surface area (Å²) in [6.45, 7) is 0. The van der Waals surface area contributed by atoms with Gasteiger partial charge in [-0.2, -0.15) is 11.8 Å². The Morgan fingerprint density at radius 2 is 1.88 bits per heavy atom. The molecule has 4 atom stereocenters. The predicted molar refractivity (Wildman–Crippen MR) is 71.0 cm³/mol. The standard InChI is InChI=1S/C13H25NOS/c1-16-11-6-4-5-10(9-11)14-12-7-2-3-8-13(12)15/h10-15H,2-9H2,1H3. The smallest absolute Gasteiger partial charge is 0.0693 e. The van der Waals surface area contributed by atoms with Gasteiger partial charge in [-0.05, 0) is 38.4 Å². The molecular formula is C13H25NOS. The highest BCUT2D eigenvalue weighted by molar-refractivity contribution is 7.99. The summed E-state index contributed by atoms with van der Waals surface area (Å²) in [7, 11) is 0. The fraction of sp³-hybridized carbons (Fsp3) is 1.00. The van der Waals surface area contributed by atoms with Crippen LogP contribution < -0.4 is 5.32 Å². The van der Waals surface area contributed by atoms with Gasteiger partial charge in [0.15, 0.2) is 0 Å². The van der Waals surface area contributed by atoms with Crippen LogP contribution in [0.1, 0.15) is 51.4 Å². The molecule has 2 saturated carbocycles. The average molecular weight is 243 g/mol. The number of hydrogen-bond donors (Lipinski definition) is 2. The molecule has 4 unspecified atom stereocenters. The number of aliphatic hydroxyl groups excluding tert-OH is 1. The lowest BCUT2D eigenvalue weighted by molar-refractivity contribution is 0.0818. The Bertz CT molecular complexity index is 212. The predicted octanol–water partition coefficient (Wildman–Crippen LogP) is 2.55. The summed E-state index contributed by atoms with van der Waals surface area (Å²) in [5, 5.41) is 14.5. The molecule has 2 rings (SSSR count). The Labute approximate surface area is 104 Å². The summed E-state index contributed by atoms with van der Waals surface area (Å²) >= 11 is 2.01. The first-order valence-corrected chi connectivity index (χ1v) is 8.05. The van der Waals surface area contributed by atoms with Crippen molar-refractivity contribution in [3.8, 4) is 0 Å². The molecule has 0 amide bonds. The van der Waals surface area contributed by atoms with Crippen molar-refractivity contribution in [1.29, 1.82) is 0 Å². The highest BCUT2D eigenvalue weighted by Gasteiger charge is 2.28. The molecule has 2 nitrogen and oxygen atoms in total. The zero-order chi connectivity index (χ0) is 11.4. The maximum atomic E-state index is 9.95. The molecule has 0 radical (unpaired) electrons. The highest BCUT2D eigenvalue weighted by Crippen LogP contribution is 2.28. The number of hydrogen-bond acceptors (Lipinski definition) is 3. The number of thioether (sulfide) groups is 1. The summed E-state index contributed by atoms with van der Waals surface area (Å²) in [6.07, 6.45) is 12.1. The van der Waals surface area contributed by atoms with Crippen molar-refractivity contribution < 1.29 is 5.11 Å². The lowest BCUT2D eigenvalue weighted by Crippen LogP contribution is -2.48. The third-order valence-corrected chi connectivity index (χ3v) is 5.23. The van der Waals surface area contributed by atoms with E-state index in [0.717, 1.165) is 11.7 Å². The first-order chi connectivity index (χ1) is 7.79. The molecule has 0 saturated heterocycles. The molecular weight excluding hydrogens is 218 g/mol. The van der Waals surface area contributed by atoms with Gasteiger partial charge in [-0.25, -0.2) is 0 Å². The van der Waals surface area contributed by atoms with Gasteiger partial charge in [0.2, 0.25) is 0 Å². The number of rotatable bonds is 3. The van der Waals surface area contributed by atoms with E-state index >= 15 is 0 Å². The first kappa shape index (κ1) is 12.7. The van der Waals surface area contributed by atoms with Gasteiger partial charge in [-0.1, -0.05) is 19.3 Å². The fourth-order valence-electron chi connectivity index (χ4n) is 3.12. The molecule has 2 fully saturated rings. The van der Waals surface area contributed by atoms with Gasteiger partial charge in [0, 0.05) is 17.3 Å². The summed E-state index contributed by atoms with van der Waals surface area (Å²) in [4.78, 5) is 0. The summed E-state index contributed by atoms with van der Waals surface area (Å²) in [6, 6.07) is 1.03.